The Hall–Kier alpha value is -2.43. The van der Waals surface area contributed by atoms with Gasteiger partial charge in [-0.05, 0) is 6.92 Å². The highest BCUT2D eigenvalue weighted by Crippen LogP contribution is 2.15. The Morgan fingerprint density at radius 1 is 1.33 bits per heavy atom. The molecule has 0 aliphatic rings. The van der Waals surface area contributed by atoms with Crippen LogP contribution in [0, 0.1) is 6.92 Å². The average Bonchev–Trinajstić information content (AvgIpc) is 2.32. The van der Waals surface area contributed by atoms with E-state index in [1.807, 2.05) is 31.2 Å². The Morgan fingerprint density at radius 2 is 2.00 bits per heavy atom. The first-order chi connectivity index (χ1) is 8.56. The number of carbonyl (C=O) groups excluding carboxylic acids is 1. The summed E-state index contributed by atoms with van der Waals surface area (Å²) < 4.78 is 1.25. The molecule has 2 rings (SSSR count). The zero-order chi connectivity index (χ0) is 13.1. The van der Waals surface area contributed by atoms with Crippen LogP contribution < -0.4 is 11.3 Å². The van der Waals surface area contributed by atoms with E-state index in [1.54, 1.807) is 0 Å². The molecule has 2 N–H and O–H groups in total. The minimum absolute atomic E-state index is 0.139. The Morgan fingerprint density at radius 3 is 2.61 bits per heavy atom. The molecule has 2 aromatic rings. The van der Waals surface area contributed by atoms with Crippen LogP contribution in [0.15, 0.2) is 41.5 Å². The molecule has 5 heteroatoms. The molecule has 0 aliphatic carbocycles. The maximum atomic E-state index is 11.5. The van der Waals surface area contributed by atoms with Crippen LogP contribution in [0.25, 0.3) is 11.3 Å². The van der Waals surface area contributed by atoms with Crippen LogP contribution in [-0.4, -0.2) is 15.5 Å². The molecule has 0 spiro atoms. The molecule has 5 nitrogen and oxygen atoms in total. The Balaban J connectivity index is 2.43. The summed E-state index contributed by atoms with van der Waals surface area (Å²) in [5.41, 5.74) is 7.41. The molecule has 1 heterocycles. The number of aryl methyl sites for hydroxylation is 1. The first kappa shape index (κ1) is 12.0. The van der Waals surface area contributed by atoms with Crippen molar-refractivity contribution >= 4 is 5.91 Å². The summed E-state index contributed by atoms with van der Waals surface area (Å²) in [5.74, 6) is -0.557. The Labute approximate surface area is 104 Å². The predicted molar refractivity (Wildman–Crippen MR) is 67.9 cm³/mol. The Bertz CT molecular complexity index is 629. The molecule has 1 amide bonds. The largest absolute Gasteiger partial charge is 0.368 e. The van der Waals surface area contributed by atoms with Gasteiger partial charge in [-0.2, -0.15) is 0 Å². The van der Waals surface area contributed by atoms with Crippen LogP contribution in [0.2, 0.25) is 0 Å². The first-order valence-corrected chi connectivity index (χ1v) is 5.48. The first-order valence-electron chi connectivity index (χ1n) is 5.48. The second-order valence-electron chi connectivity index (χ2n) is 4.07. The average molecular weight is 243 g/mol. The van der Waals surface area contributed by atoms with Gasteiger partial charge in [0.05, 0.1) is 11.9 Å². The number of amides is 1. The molecule has 0 aliphatic heterocycles. The fraction of sp³-hybridized carbons (Fsp3) is 0.154. The van der Waals surface area contributed by atoms with Crippen LogP contribution >= 0.6 is 0 Å². The number of hydrogen-bond donors (Lipinski definition) is 1. The summed E-state index contributed by atoms with van der Waals surface area (Å²) in [5, 5.41) is 0. The van der Waals surface area contributed by atoms with Crippen LogP contribution in [-0.2, 0) is 11.3 Å². The van der Waals surface area contributed by atoms with Crippen LogP contribution in [0.4, 0.5) is 0 Å². The van der Waals surface area contributed by atoms with E-state index < -0.39 is 5.91 Å². The van der Waals surface area contributed by atoms with E-state index in [9.17, 15) is 9.59 Å². The van der Waals surface area contributed by atoms with Gasteiger partial charge in [0.15, 0.2) is 0 Å². The highest BCUT2D eigenvalue weighted by atomic mass is 16.2. The van der Waals surface area contributed by atoms with Crippen molar-refractivity contribution in [1.82, 2.24) is 9.55 Å². The van der Waals surface area contributed by atoms with Crippen molar-refractivity contribution in [1.29, 1.82) is 0 Å². The third-order valence-corrected chi connectivity index (χ3v) is 2.55. The molecule has 0 saturated carbocycles. The number of primary amides is 1. The van der Waals surface area contributed by atoms with Gasteiger partial charge in [-0.1, -0.05) is 29.8 Å². The van der Waals surface area contributed by atoms with Gasteiger partial charge in [0.1, 0.15) is 6.54 Å². The molecule has 92 valence electrons. The summed E-state index contributed by atoms with van der Waals surface area (Å²) in [4.78, 5) is 26.4. The lowest BCUT2D eigenvalue weighted by molar-refractivity contribution is -0.118. The number of hydrogen-bond acceptors (Lipinski definition) is 3. The minimum atomic E-state index is -0.557. The molecule has 1 aromatic heterocycles. The molecule has 0 atom stereocenters. The number of benzene rings is 1. The number of rotatable bonds is 3. The number of nitrogens with zero attached hydrogens (tertiary/aromatic N) is 2. The lowest BCUT2D eigenvalue weighted by Crippen LogP contribution is -2.27. The van der Waals surface area contributed by atoms with Gasteiger partial charge in [0, 0.05) is 11.8 Å². The third-order valence-electron chi connectivity index (χ3n) is 2.55. The van der Waals surface area contributed by atoms with Crippen molar-refractivity contribution in [3.63, 3.8) is 0 Å². The van der Waals surface area contributed by atoms with Crippen LogP contribution in [0.5, 0.6) is 0 Å². The van der Waals surface area contributed by atoms with Crippen LogP contribution in [0.3, 0.4) is 0 Å². The van der Waals surface area contributed by atoms with E-state index in [2.05, 4.69) is 4.98 Å². The normalized spacial score (nSPS) is 10.3. The topological polar surface area (TPSA) is 78.0 Å². The molecule has 0 saturated heterocycles. The van der Waals surface area contributed by atoms with Crippen molar-refractivity contribution in [2.75, 3.05) is 0 Å². The summed E-state index contributed by atoms with van der Waals surface area (Å²) in [7, 11) is 0. The third kappa shape index (κ3) is 2.63. The molecule has 0 fully saturated rings. The molecular formula is C13H13N3O2. The van der Waals surface area contributed by atoms with Gasteiger partial charge in [0.25, 0.3) is 5.56 Å². The van der Waals surface area contributed by atoms with Gasteiger partial charge in [0.2, 0.25) is 5.91 Å². The van der Waals surface area contributed by atoms with Crippen molar-refractivity contribution < 1.29 is 4.79 Å². The van der Waals surface area contributed by atoms with Crippen molar-refractivity contribution in [3.05, 3.63) is 52.6 Å². The smallest absolute Gasteiger partial charge is 0.269 e. The maximum absolute atomic E-state index is 11.5. The van der Waals surface area contributed by atoms with E-state index in [-0.39, 0.29) is 12.1 Å². The number of carbonyl (C=O) groups is 1. The lowest BCUT2D eigenvalue weighted by Gasteiger charge is -2.06. The number of nitrogens with two attached hydrogens (primary N) is 1. The quantitative estimate of drug-likeness (QED) is 0.862. The summed E-state index contributed by atoms with van der Waals surface area (Å²) >= 11 is 0. The SMILES string of the molecule is Cc1ccc(-c2cn(CC(N)=O)c(=O)cn2)cc1. The molecule has 0 radical (unpaired) electrons. The molecular weight excluding hydrogens is 230 g/mol. The summed E-state index contributed by atoms with van der Waals surface area (Å²) in [6.45, 7) is 1.85. The number of aromatic nitrogens is 2. The second kappa shape index (κ2) is 4.83. The van der Waals surface area contributed by atoms with Crippen molar-refractivity contribution in [3.8, 4) is 11.3 Å². The molecule has 0 bridgehead atoms. The Kier molecular flexibility index (Phi) is 3.23. The fourth-order valence-electron chi connectivity index (χ4n) is 1.61. The molecule has 18 heavy (non-hydrogen) atoms. The highest BCUT2D eigenvalue weighted by molar-refractivity contribution is 5.73. The summed E-state index contributed by atoms with van der Waals surface area (Å²) in [6, 6.07) is 7.74. The van der Waals surface area contributed by atoms with Crippen molar-refractivity contribution in [2.24, 2.45) is 5.73 Å². The van der Waals surface area contributed by atoms with Crippen molar-refractivity contribution in [2.45, 2.75) is 13.5 Å². The minimum Gasteiger partial charge on any atom is -0.368 e. The van der Waals surface area contributed by atoms with Gasteiger partial charge in [-0.25, -0.2) is 4.98 Å². The van der Waals surface area contributed by atoms with E-state index in [0.717, 1.165) is 11.1 Å². The lowest BCUT2D eigenvalue weighted by atomic mass is 10.1. The standard InChI is InChI=1S/C13H13N3O2/c1-9-2-4-10(5-3-9)11-7-16(8-12(14)17)13(18)6-15-11/h2-7H,8H2,1H3,(H2,14,17). The van der Waals surface area contributed by atoms with Gasteiger partial charge in [-0.15, -0.1) is 0 Å². The van der Waals surface area contributed by atoms with Gasteiger partial charge < -0.3 is 10.3 Å². The second-order valence-corrected chi connectivity index (χ2v) is 4.07. The van der Waals surface area contributed by atoms with Crippen LogP contribution in [0.1, 0.15) is 5.56 Å². The fourth-order valence-corrected chi connectivity index (χ4v) is 1.61. The molecule has 1 aromatic carbocycles. The maximum Gasteiger partial charge on any atom is 0.269 e. The van der Waals surface area contributed by atoms with E-state index in [1.165, 1.54) is 17.0 Å². The zero-order valence-electron chi connectivity index (χ0n) is 9.96. The molecule has 0 unspecified atom stereocenters. The van der Waals surface area contributed by atoms with E-state index >= 15 is 0 Å². The van der Waals surface area contributed by atoms with E-state index in [0.29, 0.717) is 5.69 Å². The van der Waals surface area contributed by atoms with E-state index in [4.69, 9.17) is 5.73 Å². The zero-order valence-corrected chi connectivity index (χ0v) is 9.96. The van der Waals surface area contributed by atoms with Gasteiger partial charge in [-0.3, -0.25) is 9.59 Å². The monoisotopic (exact) mass is 243 g/mol. The van der Waals surface area contributed by atoms with Gasteiger partial charge >= 0.3 is 0 Å². The highest BCUT2D eigenvalue weighted by Gasteiger charge is 2.04. The summed E-state index contributed by atoms with van der Waals surface area (Å²) in [6.07, 6.45) is 2.73. The predicted octanol–water partition coefficient (Wildman–Crippen LogP) is 0.704.